The Morgan fingerprint density at radius 2 is 2.29 bits per heavy atom. The lowest BCUT2D eigenvalue weighted by molar-refractivity contribution is 0.626. The first-order chi connectivity index (χ1) is 8.06. The van der Waals surface area contributed by atoms with Crippen LogP contribution in [0, 0.1) is 18.2 Å². The smallest absolute Gasteiger partial charge is 0.154 e. The maximum Gasteiger partial charge on any atom is 0.154 e. The number of thiazole rings is 1. The molecule has 0 saturated carbocycles. The highest BCUT2D eigenvalue weighted by Gasteiger charge is 2.10. The minimum absolute atomic E-state index is 0.139. The average Bonchev–Trinajstić information content (AvgIpc) is 2.66. The van der Waals surface area contributed by atoms with E-state index in [2.05, 4.69) is 4.98 Å². The second kappa shape index (κ2) is 4.85. The molecule has 0 aliphatic rings. The lowest BCUT2D eigenvalue weighted by atomic mass is 10.2. The number of hydrogen-bond acceptors (Lipinski definition) is 4. The quantitative estimate of drug-likeness (QED) is 0.663. The van der Waals surface area contributed by atoms with Gasteiger partial charge in [0.15, 0.2) is 4.34 Å². The fourth-order valence-electron chi connectivity index (χ4n) is 1.28. The van der Waals surface area contributed by atoms with Gasteiger partial charge in [0.25, 0.3) is 0 Å². The molecule has 88 valence electrons. The molecule has 0 fully saturated rings. The molecular formula is C11H10FN3S2. The Morgan fingerprint density at radius 1 is 1.53 bits per heavy atom. The van der Waals surface area contributed by atoms with E-state index in [9.17, 15) is 4.39 Å². The zero-order valence-electron chi connectivity index (χ0n) is 9.03. The van der Waals surface area contributed by atoms with Crippen molar-refractivity contribution in [1.29, 1.82) is 5.41 Å². The molecule has 3 nitrogen and oxygen atoms in total. The highest BCUT2D eigenvalue weighted by molar-refractivity contribution is 8.01. The molecule has 2 rings (SSSR count). The molecule has 0 spiro atoms. The van der Waals surface area contributed by atoms with Crippen LogP contribution in [0.3, 0.4) is 0 Å². The van der Waals surface area contributed by atoms with Crippen molar-refractivity contribution in [3.05, 3.63) is 40.7 Å². The van der Waals surface area contributed by atoms with E-state index in [4.69, 9.17) is 11.1 Å². The molecule has 0 radical (unpaired) electrons. The minimum Gasteiger partial charge on any atom is -0.384 e. The van der Waals surface area contributed by atoms with Crippen molar-refractivity contribution in [3.8, 4) is 0 Å². The van der Waals surface area contributed by atoms with Crippen LogP contribution in [-0.4, -0.2) is 10.8 Å². The average molecular weight is 267 g/mol. The van der Waals surface area contributed by atoms with Crippen LogP contribution in [0.2, 0.25) is 0 Å². The van der Waals surface area contributed by atoms with Crippen LogP contribution in [0.25, 0.3) is 0 Å². The normalized spacial score (nSPS) is 10.5. The van der Waals surface area contributed by atoms with Gasteiger partial charge >= 0.3 is 0 Å². The molecule has 17 heavy (non-hydrogen) atoms. The van der Waals surface area contributed by atoms with Gasteiger partial charge < -0.3 is 5.73 Å². The van der Waals surface area contributed by atoms with Crippen LogP contribution in [0.5, 0.6) is 0 Å². The van der Waals surface area contributed by atoms with E-state index in [1.807, 2.05) is 12.3 Å². The second-order valence-corrected chi connectivity index (χ2v) is 5.56. The molecule has 0 aliphatic heterocycles. The van der Waals surface area contributed by atoms with Crippen molar-refractivity contribution >= 4 is 28.9 Å². The van der Waals surface area contributed by atoms with Gasteiger partial charge in [0, 0.05) is 21.5 Å². The molecule has 2 aromatic rings. The second-order valence-electron chi connectivity index (χ2n) is 3.41. The van der Waals surface area contributed by atoms with E-state index in [1.165, 1.54) is 35.2 Å². The van der Waals surface area contributed by atoms with Crippen molar-refractivity contribution in [2.45, 2.75) is 16.2 Å². The zero-order valence-corrected chi connectivity index (χ0v) is 10.7. The SMILES string of the molecule is Cc1csc(Sc2ccc(F)cc2C(=N)N)n1. The number of aromatic nitrogens is 1. The maximum absolute atomic E-state index is 13.1. The van der Waals surface area contributed by atoms with Gasteiger partial charge in [-0.1, -0.05) is 11.8 Å². The van der Waals surface area contributed by atoms with Crippen molar-refractivity contribution in [2.24, 2.45) is 5.73 Å². The predicted octanol–water partition coefficient (Wildman–Crippen LogP) is 3.03. The highest BCUT2D eigenvalue weighted by atomic mass is 32.2. The van der Waals surface area contributed by atoms with Crippen LogP contribution in [0.15, 0.2) is 32.8 Å². The van der Waals surface area contributed by atoms with Gasteiger partial charge in [-0.2, -0.15) is 0 Å². The Hall–Kier alpha value is -1.40. The number of aryl methyl sites for hydroxylation is 1. The molecule has 0 saturated heterocycles. The van der Waals surface area contributed by atoms with Crippen LogP contribution in [0.1, 0.15) is 11.3 Å². The third-order valence-electron chi connectivity index (χ3n) is 2.03. The molecule has 0 amide bonds. The van der Waals surface area contributed by atoms with E-state index in [1.54, 1.807) is 6.07 Å². The summed E-state index contributed by atoms with van der Waals surface area (Å²) in [6.07, 6.45) is 0. The summed E-state index contributed by atoms with van der Waals surface area (Å²) < 4.78 is 13.9. The summed E-state index contributed by atoms with van der Waals surface area (Å²) in [5.74, 6) is -0.532. The molecule has 0 unspecified atom stereocenters. The van der Waals surface area contributed by atoms with Gasteiger partial charge in [-0.3, -0.25) is 5.41 Å². The van der Waals surface area contributed by atoms with Gasteiger partial charge in [0.1, 0.15) is 11.7 Å². The van der Waals surface area contributed by atoms with Gasteiger partial charge in [0.2, 0.25) is 0 Å². The molecule has 0 atom stereocenters. The number of hydrogen-bond donors (Lipinski definition) is 2. The van der Waals surface area contributed by atoms with Gasteiger partial charge in [-0.25, -0.2) is 9.37 Å². The largest absolute Gasteiger partial charge is 0.384 e. The Labute approximate surface area is 106 Å². The summed E-state index contributed by atoms with van der Waals surface area (Å²) in [5, 5.41) is 9.37. The third kappa shape index (κ3) is 2.83. The molecule has 0 aliphatic carbocycles. The van der Waals surface area contributed by atoms with Crippen molar-refractivity contribution < 1.29 is 4.39 Å². The predicted molar refractivity (Wildman–Crippen MR) is 68.4 cm³/mol. The molecule has 1 aromatic heterocycles. The maximum atomic E-state index is 13.1. The summed E-state index contributed by atoms with van der Waals surface area (Å²) >= 11 is 2.91. The Bertz CT molecular complexity index is 566. The summed E-state index contributed by atoms with van der Waals surface area (Å²) in [6, 6.07) is 4.24. The molecule has 1 heterocycles. The fourth-order valence-corrected chi connectivity index (χ4v) is 3.19. The van der Waals surface area contributed by atoms with E-state index in [-0.39, 0.29) is 5.84 Å². The lowest BCUT2D eigenvalue weighted by Crippen LogP contribution is -2.12. The lowest BCUT2D eigenvalue weighted by Gasteiger charge is -2.05. The van der Waals surface area contributed by atoms with E-state index >= 15 is 0 Å². The van der Waals surface area contributed by atoms with E-state index < -0.39 is 5.82 Å². The topological polar surface area (TPSA) is 62.8 Å². The Morgan fingerprint density at radius 3 is 2.88 bits per heavy atom. The standard InChI is InChI=1S/C11H10FN3S2/c1-6-5-16-11(15-6)17-9-3-2-7(12)4-8(9)10(13)14/h2-5H,1H3,(H3,13,14). The van der Waals surface area contributed by atoms with E-state index in [0.717, 1.165) is 14.9 Å². The van der Waals surface area contributed by atoms with Crippen LogP contribution in [0.4, 0.5) is 4.39 Å². The number of nitrogens with zero attached hydrogens (tertiary/aromatic N) is 1. The number of benzene rings is 1. The molecule has 3 N–H and O–H groups in total. The first kappa shape index (κ1) is 12.1. The Kier molecular flexibility index (Phi) is 3.44. The number of rotatable bonds is 3. The molecule has 1 aromatic carbocycles. The van der Waals surface area contributed by atoms with Gasteiger partial charge in [-0.05, 0) is 25.1 Å². The molecule has 0 bridgehead atoms. The van der Waals surface area contributed by atoms with Crippen LogP contribution >= 0.6 is 23.1 Å². The fraction of sp³-hybridized carbons (Fsp3) is 0.0909. The summed E-state index contributed by atoms with van der Waals surface area (Å²) in [7, 11) is 0. The van der Waals surface area contributed by atoms with Gasteiger partial charge in [0.05, 0.1) is 0 Å². The minimum atomic E-state index is -0.394. The van der Waals surface area contributed by atoms with Crippen molar-refractivity contribution in [1.82, 2.24) is 4.98 Å². The monoisotopic (exact) mass is 267 g/mol. The van der Waals surface area contributed by atoms with Crippen LogP contribution < -0.4 is 5.73 Å². The first-order valence-electron chi connectivity index (χ1n) is 4.80. The van der Waals surface area contributed by atoms with Crippen LogP contribution in [-0.2, 0) is 0 Å². The number of nitrogens with one attached hydrogen (secondary N) is 1. The zero-order chi connectivity index (χ0) is 12.4. The molecule has 6 heteroatoms. The number of amidine groups is 1. The van der Waals surface area contributed by atoms with Crippen molar-refractivity contribution in [3.63, 3.8) is 0 Å². The van der Waals surface area contributed by atoms with Crippen molar-refractivity contribution in [2.75, 3.05) is 0 Å². The van der Waals surface area contributed by atoms with E-state index in [0.29, 0.717) is 5.56 Å². The third-order valence-corrected chi connectivity index (χ3v) is 4.16. The first-order valence-corrected chi connectivity index (χ1v) is 6.50. The summed E-state index contributed by atoms with van der Waals surface area (Å²) in [6.45, 7) is 1.91. The molecular weight excluding hydrogens is 257 g/mol. The Balaban J connectivity index is 2.35. The summed E-state index contributed by atoms with van der Waals surface area (Å²) in [4.78, 5) is 5.05. The van der Waals surface area contributed by atoms with Gasteiger partial charge in [-0.15, -0.1) is 11.3 Å². The highest BCUT2D eigenvalue weighted by Crippen LogP contribution is 2.32. The summed E-state index contributed by atoms with van der Waals surface area (Å²) in [5.41, 5.74) is 6.78. The number of nitrogens with two attached hydrogens (primary N) is 1. The number of halogens is 1. The number of nitrogen functional groups attached to an aromatic ring is 1.